The van der Waals surface area contributed by atoms with E-state index in [2.05, 4.69) is 57.1 Å². The third kappa shape index (κ3) is 7.91. The molecule has 0 aromatic carbocycles. The van der Waals surface area contributed by atoms with Crippen LogP contribution in [0.3, 0.4) is 0 Å². The molecule has 154 valence electrons. The second kappa shape index (κ2) is 11.3. The van der Waals surface area contributed by atoms with Gasteiger partial charge in [-0.15, -0.1) is 0 Å². The highest BCUT2D eigenvalue weighted by molar-refractivity contribution is 5.79. The molecule has 2 rings (SSSR count). The van der Waals surface area contributed by atoms with Gasteiger partial charge in [0.1, 0.15) is 0 Å². The summed E-state index contributed by atoms with van der Waals surface area (Å²) in [5, 5.41) is 11.3. The van der Waals surface area contributed by atoms with Gasteiger partial charge >= 0.3 is 0 Å². The summed E-state index contributed by atoms with van der Waals surface area (Å²) >= 11 is 0. The van der Waals surface area contributed by atoms with Gasteiger partial charge in [-0.3, -0.25) is 9.67 Å². The zero-order valence-corrected chi connectivity index (χ0v) is 18.1. The maximum Gasteiger partial charge on any atom is 0.190 e. The van der Waals surface area contributed by atoms with E-state index in [-0.39, 0.29) is 0 Å². The van der Waals surface area contributed by atoms with Gasteiger partial charge < -0.3 is 15.5 Å². The molecule has 1 aromatic heterocycles. The van der Waals surface area contributed by atoms with Crippen molar-refractivity contribution in [2.24, 2.45) is 16.8 Å². The van der Waals surface area contributed by atoms with Crippen LogP contribution < -0.4 is 10.6 Å². The van der Waals surface area contributed by atoms with Crippen LogP contribution in [0.5, 0.6) is 0 Å². The number of piperidine rings is 1. The van der Waals surface area contributed by atoms with Gasteiger partial charge in [0.15, 0.2) is 5.96 Å². The van der Waals surface area contributed by atoms with Gasteiger partial charge in [-0.25, -0.2) is 0 Å². The number of hydrogen-bond acceptors (Lipinski definition) is 3. The Morgan fingerprint density at radius 2 is 1.74 bits per heavy atom. The Hall–Kier alpha value is -1.56. The molecule has 2 N–H and O–H groups in total. The standard InChI is InChI=1S/C21H40N6/c1-17-13-18(2)16-26(15-17)11-7-6-9-23-21(22-5)24-10-8-12-27-20(4)14-19(3)25-27/h14,17-18H,6-13,15-16H2,1-5H3,(H2,22,23,24). The van der Waals surface area contributed by atoms with E-state index in [1.54, 1.807) is 0 Å². The molecule has 1 aliphatic heterocycles. The zero-order valence-electron chi connectivity index (χ0n) is 18.1. The Bertz CT molecular complexity index is 569. The molecule has 6 nitrogen and oxygen atoms in total. The molecule has 27 heavy (non-hydrogen) atoms. The molecule has 0 radical (unpaired) electrons. The van der Waals surface area contributed by atoms with E-state index in [1.807, 2.05) is 14.0 Å². The van der Waals surface area contributed by atoms with Crippen molar-refractivity contribution >= 4 is 5.96 Å². The van der Waals surface area contributed by atoms with Gasteiger partial charge in [-0.1, -0.05) is 13.8 Å². The summed E-state index contributed by atoms with van der Waals surface area (Å²) < 4.78 is 2.08. The summed E-state index contributed by atoms with van der Waals surface area (Å²) in [4.78, 5) is 6.97. The van der Waals surface area contributed by atoms with Crippen molar-refractivity contribution in [3.8, 4) is 0 Å². The molecule has 0 saturated carbocycles. The van der Waals surface area contributed by atoms with Crippen LogP contribution in [0, 0.1) is 25.7 Å². The van der Waals surface area contributed by atoms with E-state index >= 15 is 0 Å². The number of nitrogens with one attached hydrogen (secondary N) is 2. The summed E-state index contributed by atoms with van der Waals surface area (Å²) in [7, 11) is 1.84. The van der Waals surface area contributed by atoms with Crippen molar-refractivity contribution in [2.45, 2.75) is 59.9 Å². The first-order valence-electron chi connectivity index (χ1n) is 10.7. The van der Waals surface area contributed by atoms with Crippen molar-refractivity contribution in [1.29, 1.82) is 0 Å². The number of rotatable bonds is 9. The fourth-order valence-corrected chi connectivity index (χ4v) is 4.20. The lowest BCUT2D eigenvalue weighted by molar-refractivity contribution is 0.139. The summed E-state index contributed by atoms with van der Waals surface area (Å²) in [6.45, 7) is 15.5. The van der Waals surface area contributed by atoms with Crippen molar-refractivity contribution < 1.29 is 0 Å². The monoisotopic (exact) mass is 376 g/mol. The molecule has 0 amide bonds. The summed E-state index contributed by atoms with van der Waals surface area (Å²) in [5.74, 6) is 2.61. The minimum Gasteiger partial charge on any atom is -0.356 e. The molecule has 2 heterocycles. The van der Waals surface area contributed by atoms with Crippen LogP contribution in [0.4, 0.5) is 0 Å². The van der Waals surface area contributed by atoms with Crippen LogP contribution in [0.15, 0.2) is 11.1 Å². The normalized spacial score (nSPS) is 21.4. The quantitative estimate of drug-likeness (QED) is 0.395. The van der Waals surface area contributed by atoms with Crippen LogP contribution in [-0.4, -0.2) is 60.4 Å². The average Bonchev–Trinajstić information content (AvgIpc) is 2.93. The first kappa shape index (κ1) is 21.7. The topological polar surface area (TPSA) is 57.5 Å². The number of aryl methyl sites for hydroxylation is 3. The maximum absolute atomic E-state index is 4.50. The van der Waals surface area contributed by atoms with Gasteiger partial charge in [0, 0.05) is 45.5 Å². The average molecular weight is 377 g/mol. The minimum atomic E-state index is 0.851. The highest BCUT2D eigenvalue weighted by atomic mass is 15.3. The predicted octanol–water partition coefficient (Wildman–Crippen LogP) is 2.81. The Balaban J connectivity index is 1.53. The molecule has 1 aliphatic rings. The number of guanidine groups is 1. The highest BCUT2D eigenvalue weighted by Crippen LogP contribution is 2.20. The molecular weight excluding hydrogens is 336 g/mol. The van der Waals surface area contributed by atoms with Crippen molar-refractivity contribution in [2.75, 3.05) is 39.8 Å². The smallest absolute Gasteiger partial charge is 0.190 e. The molecule has 2 unspecified atom stereocenters. The summed E-state index contributed by atoms with van der Waals surface area (Å²) in [6, 6.07) is 2.12. The second-order valence-electron chi connectivity index (χ2n) is 8.34. The molecule has 6 heteroatoms. The van der Waals surface area contributed by atoms with Crippen LogP contribution in [0.25, 0.3) is 0 Å². The van der Waals surface area contributed by atoms with E-state index in [4.69, 9.17) is 0 Å². The maximum atomic E-state index is 4.50. The Morgan fingerprint density at radius 1 is 1.07 bits per heavy atom. The van der Waals surface area contributed by atoms with Gasteiger partial charge in [0.05, 0.1) is 5.69 Å². The summed E-state index contributed by atoms with van der Waals surface area (Å²) in [6.07, 6.45) is 4.86. The van der Waals surface area contributed by atoms with E-state index in [0.29, 0.717) is 0 Å². The van der Waals surface area contributed by atoms with Gasteiger partial charge in [0.25, 0.3) is 0 Å². The van der Waals surface area contributed by atoms with Gasteiger partial charge in [0.2, 0.25) is 0 Å². The number of hydrogen-bond donors (Lipinski definition) is 2. The highest BCUT2D eigenvalue weighted by Gasteiger charge is 2.20. The molecule has 1 fully saturated rings. The SMILES string of the molecule is CN=C(NCCCCN1CC(C)CC(C)C1)NCCCn1nc(C)cc1C. The Kier molecular flexibility index (Phi) is 9.11. The van der Waals surface area contributed by atoms with Crippen LogP contribution >= 0.6 is 0 Å². The lowest BCUT2D eigenvalue weighted by Gasteiger charge is -2.34. The predicted molar refractivity (Wildman–Crippen MR) is 114 cm³/mol. The van der Waals surface area contributed by atoms with Crippen molar-refractivity contribution in [1.82, 2.24) is 25.3 Å². The molecule has 1 aromatic rings. The van der Waals surface area contributed by atoms with E-state index in [1.165, 1.54) is 44.6 Å². The first-order chi connectivity index (χ1) is 13.0. The number of unbranched alkanes of at least 4 members (excludes halogenated alkanes) is 1. The molecule has 0 aliphatic carbocycles. The first-order valence-corrected chi connectivity index (χ1v) is 10.7. The van der Waals surface area contributed by atoms with Gasteiger partial charge in [-0.05, 0) is 64.0 Å². The lowest BCUT2D eigenvalue weighted by Crippen LogP contribution is -2.40. The fourth-order valence-electron chi connectivity index (χ4n) is 4.20. The number of nitrogens with zero attached hydrogens (tertiary/aromatic N) is 4. The Morgan fingerprint density at radius 3 is 2.33 bits per heavy atom. The van der Waals surface area contributed by atoms with E-state index in [0.717, 1.165) is 49.5 Å². The van der Waals surface area contributed by atoms with Crippen molar-refractivity contribution in [3.63, 3.8) is 0 Å². The molecule has 0 bridgehead atoms. The largest absolute Gasteiger partial charge is 0.356 e. The molecular formula is C21H40N6. The second-order valence-corrected chi connectivity index (χ2v) is 8.34. The third-order valence-corrected chi connectivity index (χ3v) is 5.30. The molecule has 1 saturated heterocycles. The van der Waals surface area contributed by atoms with Crippen LogP contribution in [0.2, 0.25) is 0 Å². The zero-order chi connectivity index (χ0) is 19.6. The Labute approximate surface area is 165 Å². The molecule has 0 spiro atoms. The van der Waals surface area contributed by atoms with Crippen LogP contribution in [0.1, 0.15) is 50.9 Å². The molecule has 2 atom stereocenters. The van der Waals surface area contributed by atoms with Crippen molar-refractivity contribution in [3.05, 3.63) is 17.5 Å². The van der Waals surface area contributed by atoms with Gasteiger partial charge in [-0.2, -0.15) is 5.10 Å². The van der Waals surface area contributed by atoms with E-state index < -0.39 is 0 Å². The third-order valence-electron chi connectivity index (χ3n) is 5.30. The van der Waals surface area contributed by atoms with Crippen LogP contribution in [-0.2, 0) is 6.54 Å². The summed E-state index contributed by atoms with van der Waals surface area (Å²) in [5.41, 5.74) is 2.32. The number of likely N-dealkylation sites (tertiary alicyclic amines) is 1. The minimum absolute atomic E-state index is 0.851. The number of aliphatic imine (C=N–C) groups is 1. The lowest BCUT2D eigenvalue weighted by atomic mass is 9.92. The number of aromatic nitrogens is 2. The van der Waals surface area contributed by atoms with E-state index in [9.17, 15) is 0 Å². The fraction of sp³-hybridized carbons (Fsp3) is 0.810.